The molecule has 0 spiro atoms. The lowest BCUT2D eigenvalue weighted by Crippen LogP contribution is -2.50. The van der Waals surface area contributed by atoms with Crippen LogP contribution in [0, 0.1) is 0 Å². The van der Waals surface area contributed by atoms with Gasteiger partial charge in [-0.15, -0.1) is 0 Å². The zero-order chi connectivity index (χ0) is 13.8. The van der Waals surface area contributed by atoms with E-state index < -0.39 is 0 Å². The molecular formula is C13H21N5O. The molecule has 19 heavy (non-hydrogen) atoms. The minimum atomic E-state index is -0.0509. The van der Waals surface area contributed by atoms with Crippen molar-refractivity contribution in [3.05, 3.63) is 24.2 Å². The van der Waals surface area contributed by atoms with Gasteiger partial charge in [0, 0.05) is 27.7 Å². The number of hydrogen-bond donors (Lipinski definition) is 1. The summed E-state index contributed by atoms with van der Waals surface area (Å²) in [6, 6.07) is 1.99. The number of aliphatic imine (C=N–C) groups is 2. The highest BCUT2D eigenvalue weighted by atomic mass is 16.3. The molecule has 0 aliphatic carbocycles. The lowest BCUT2D eigenvalue weighted by atomic mass is 10.2. The van der Waals surface area contributed by atoms with Crippen molar-refractivity contribution in [2.45, 2.75) is 19.5 Å². The summed E-state index contributed by atoms with van der Waals surface area (Å²) in [5, 5.41) is 3.24. The predicted octanol–water partition coefficient (Wildman–Crippen LogP) is 0.977. The molecule has 0 amide bonds. The van der Waals surface area contributed by atoms with Gasteiger partial charge < -0.3 is 14.2 Å². The summed E-state index contributed by atoms with van der Waals surface area (Å²) in [7, 11) is 5.96. The summed E-state index contributed by atoms with van der Waals surface area (Å²) in [6.07, 6.45) is 4.35. The van der Waals surface area contributed by atoms with Gasteiger partial charge in [0.2, 0.25) is 11.9 Å². The summed E-state index contributed by atoms with van der Waals surface area (Å²) < 4.78 is 5.07. The molecular weight excluding hydrogens is 242 g/mol. The average molecular weight is 263 g/mol. The number of likely N-dealkylation sites (N-methyl/N-ethyl adjacent to an activating group) is 1. The van der Waals surface area contributed by atoms with Gasteiger partial charge in [0.15, 0.2) is 0 Å². The highest BCUT2D eigenvalue weighted by Gasteiger charge is 2.17. The SMILES string of the molecule is CC1N=C(N(C)C)NC(N(C)CCc2ccoc2)=N1. The lowest BCUT2D eigenvalue weighted by molar-refractivity contribution is 0.474. The molecule has 0 bridgehead atoms. The van der Waals surface area contributed by atoms with Crippen molar-refractivity contribution in [3.8, 4) is 0 Å². The Morgan fingerprint density at radius 2 is 2.00 bits per heavy atom. The van der Waals surface area contributed by atoms with Crippen LogP contribution in [0.3, 0.4) is 0 Å². The molecule has 0 saturated heterocycles. The second-order valence-corrected chi connectivity index (χ2v) is 4.86. The Labute approximate surface area is 113 Å². The van der Waals surface area contributed by atoms with E-state index in [2.05, 4.69) is 20.2 Å². The number of rotatable bonds is 3. The number of guanidine groups is 2. The van der Waals surface area contributed by atoms with Crippen LogP contribution in [-0.4, -0.2) is 55.6 Å². The van der Waals surface area contributed by atoms with E-state index in [1.807, 2.05) is 39.0 Å². The van der Waals surface area contributed by atoms with Gasteiger partial charge in [-0.3, -0.25) is 5.32 Å². The lowest BCUT2D eigenvalue weighted by Gasteiger charge is -2.29. The Morgan fingerprint density at radius 1 is 1.26 bits per heavy atom. The summed E-state index contributed by atoms with van der Waals surface area (Å²) in [6.45, 7) is 2.85. The standard InChI is InChI=1S/C13H21N5O/c1-10-14-12(17(2)3)16-13(15-10)18(4)7-5-11-6-8-19-9-11/h6,8-10H,5,7H2,1-4H3,(H,14,15,16). The maximum atomic E-state index is 5.07. The van der Waals surface area contributed by atoms with E-state index in [0.717, 1.165) is 24.9 Å². The van der Waals surface area contributed by atoms with E-state index in [9.17, 15) is 0 Å². The molecule has 0 aromatic carbocycles. The molecule has 1 unspecified atom stereocenters. The maximum Gasteiger partial charge on any atom is 0.202 e. The first kappa shape index (κ1) is 13.5. The summed E-state index contributed by atoms with van der Waals surface area (Å²) >= 11 is 0. The van der Waals surface area contributed by atoms with Gasteiger partial charge in [0.05, 0.1) is 12.5 Å². The fourth-order valence-corrected chi connectivity index (χ4v) is 1.81. The molecule has 2 rings (SSSR count). The Hall–Kier alpha value is -1.98. The Bertz CT molecular complexity index is 463. The molecule has 1 aliphatic rings. The Kier molecular flexibility index (Phi) is 4.09. The summed E-state index contributed by atoms with van der Waals surface area (Å²) in [5.41, 5.74) is 1.19. The van der Waals surface area contributed by atoms with E-state index in [4.69, 9.17) is 4.42 Å². The van der Waals surface area contributed by atoms with Gasteiger partial charge >= 0.3 is 0 Å². The van der Waals surface area contributed by atoms with Gasteiger partial charge in [-0.25, -0.2) is 9.98 Å². The van der Waals surface area contributed by atoms with E-state index in [1.165, 1.54) is 5.56 Å². The fourth-order valence-electron chi connectivity index (χ4n) is 1.81. The number of furan rings is 1. The molecule has 1 aliphatic heterocycles. The van der Waals surface area contributed by atoms with E-state index in [-0.39, 0.29) is 6.17 Å². The molecule has 0 radical (unpaired) electrons. The van der Waals surface area contributed by atoms with Gasteiger partial charge in [0.1, 0.15) is 6.17 Å². The van der Waals surface area contributed by atoms with E-state index in [1.54, 1.807) is 12.5 Å². The number of nitrogens with zero attached hydrogens (tertiary/aromatic N) is 4. The molecule has 104 valence electrons. The molecule has 6 nitrogen and oxygen atoms in total. The van der Waals surface area contributed by atoms with Crippen LogP contribution in [0.2, 0.25) is 0 Å². The third-order valence-corrected chi connectivity index (χ3v) is 2.94. The first-order valence-electron chi connectivity index (χ1n) is 6.38. The Morgan fingerprint density at radius 3 is 2.63 bits per heavy atom. The molecule has 2 heterocycles. The van der Waals surface area contributed by atoms with Gasteiger partial charge in [0.25, 0.3) is 0 Å². The smallest absolute Gasteiger partial charge is 0.202 e. The molecule has 1 aromatic heterocycles. The second-order valence-electron chi connectivity index (χ2n) is 4.86. The van der Waals surface area contributed by atoms with E-state index in [0.29, 0.717) is 0 Å². The van der Waals surface area contributed by atoms with Gasteiger partial charge in [-0.05, 0) is 25.0 Å². The molecule has 1 atom stereocenters. The number of hydrogen-bond acceptors (Lipinski definition) is 6. The van der Waals surface area contributed by atoms with Crippen LogP contribution in [0.1, 0.15) is 12.5 Å². The molecule has 1 aromatic rings. The quantitative estimate of drug-likeness (QED) is 0.883. The first-order chi connectivity index (χ1) is 9.06. The molecule has 6 heteroatoms. The zero-order valence-electron chi connectivity index (χ0n) is 11.9. The van der Waals surface area contributed by atoms with Crippen molar-refractivity contribution in [2.24, 2.45) is 9.98 Å². The van der Waals surface area contributed by atoms with Crippen molar-refractivity contribution >= 4 is 11.9 Å². The van der Waals surface area contributed by atoms with Gasteiger partial charge in [-0.2, -0.15) is 0 Å². The molecule has 1 N–H and O–H groups in total. The van der Waals surface area contributed by atoms with Crippen LogP contribution in [-0.2, 0) is 6.42 Å². The average Bonchev–Trinajstić information content (AvgIpc) is 2.88. The maximum absolute atomic E-state index is 5.07. The van der Waals surface area contributed by atoms with Crippen LogP contribution in [0.25, 0.3) is 0 Å². The monoisotopic (exact) mass is 263 g/mol. The van der Waals surface area contributed by atoms with Crippen molar-refractivity contribution in [1.29, 1.82) is 0 Å². The minimum absolute atomic E-state index is 0.0509. The summed E-state index contributed by atoms with van der Waals surface area (Å²) in [5.74, 6) is 1.70. The van der Waals surface area contributed by atoms with Crippen molar-refractivity contribution in [2.75, 3.05) is 27.7 Å². The first-order valence-corrected chi connectivity index (χ1v) is 6.38. The van der Waals surface area contributed by atoms with Crippen molar-refractivity contribution < 1.29 is 4.42 Å². The predicted molar refractivity (Wildman–Crippen MR) is 76.2 cm³/mol. The van der Waals surface area contributed by atoms with Crippen LogP contribution in [0.4, 0.5) is 0 Å². The highest BCUT2D eigenvalue weighted by molar-refractivity contribution is 5.99. The summed E-state index contributed by atoms with van der Waals surface area (Å²) in [4.78, 5) is 13.0. The number of nitrogens with one attached hydrogen (secondary N) is 1. The van der Waals surface area contributed by atoms with E-state index >= 15 is 0 Å². The largest absolute Gasteiger partial charge is 0.472 e. The Balaban J connectivity index is 1.93. The van der Waals surface area contributed by atoms with Crippen LogP contribution in [0.5, 0.6) is 0 Å². The van der Waals surface area contributed by atoms with Crippen LogP contribution >= 0.6 is 0 Å². The third kappa shape index (κ3) is 3.49. The van der Waals surface area contributed by atoms with Gasteiger partial charge in [-0.1, -0.05) is 0 Å². The highest BCUT2D eigenvalue weighted by Crippen LogP contribution is 2.05. The minimum Gasteiger partial charge on any atom is -0.472 e. The zero-order valence-corrected chi connectivity index (χ0v) is 11.9. The second kappa shape index (κ2) is 5.77. The van der Waals surface area contributed by atoms with Crippen LogP contribution < -0.4 is 5.32 Å². The molecule has 0 saturated carbocycles. The fraction of sp³-hybridized carbons (Fsp3) is 0.538. The van der Waals surface area contributed by atoms with Crippen molar-refractivity contribution in [1.82, 2.24) is 15.1 Å². The topological polar surface area (TPSA) is 56.4 Å². The molecule has 0 fully saturated rings. The normalized spacial score (nSPS) is 18.4. The van der Waals surface area contributed by atoms with Crippen LogP contribution in [0.15, 0.2) is 33.0 Å². The third-order valence-electron chi connectivity index (χ3n) is 2.94. The van der Waals surface area contributed by atoms with Crippen molar-refractivity contribution in [3.63, 3.8) is 0 Å².